The summed E-state index contributed by atoms with van der Waals surface area (Å²) in [6.07, 6.45) is 4.02. The standard InChI is InChI=1S/C17H19FO3/c1-21-16(20)13-6-8-17(10-15(13)19)7-5-12-11(9-17)3-2-4-14(12)18/h2-4,13H,5-10H2,1H3/t13?,17-/m1/s1. The van der Waals surface area contributed by atoms with Crippen LogP contribution in [0.1, 0.15) is 36.8 Å². The summed E-state index contributed by atoms with van der Waals surface area (Å²) in [7, 11) is 1.32. The number of methoxy groups -OCH3 is 1. The van der Waals surface area contributed by atoms with Gasteiger partial charge in [0.25, 0.3) is 0 Å². The van der Waals surface area contributed by atoms with Crippen LogP contribution in [0.5, 0.6) is 0 Å². The molecule has 2 aliphatic carbocycles. The average molecular weight is 290 g/mol. The first-order valence-corrected chi connectivity index (χ1v) is 7.41. The van der Waals surface area contributed by atoms with Crippen LogP contribution in [0, 0.1) is 17.2 Å². The molecule has 21 heavy (non-hydrogen) atoms. The second-order valence-corrected chi connectivity index (χ2v) is 6.31. The van der Waals surface area contributed by atoms with Crippen molar-refractivity contribution < 1.29 is 18.7 Å². The van der Waals surface area contributed by atoms with Crippen molar-refractivity contribution in [3.63, 3.8) is 0 Å². The molecule has 1 aromatic carbocycles. The Kier molecular flexibility index (Phi) is 3.56. The second-order valence-electron chi connectivity index (χ2n) is 6.31. The van der Waals surface area contributed by atoms with Crippen molar-refractivity contribution in [3.8, 4) is 0 Å². The van der Waals surface area contributed by atoms with E-state index in [1.807, 2.05) is 6.07 Å². The fourth-order valence-corrected chi connectivity index (χ4v) is 3.88. The third-order valence-electron chi connectivity index (χ3n) is 5.07. The summed E-state index contributed by atoms with van der Waals surface area (Å²) in [5.74, 6) is -1.18. The number of rotatable bonds is 1. The summed E-state index contributed by atoms with van der Waals surface area (Å²) in [6.45, 7) is 0. The molecule has 112 valence electrons. The molecular formula is C17H19FO3. The van der Waals surface area contributed by atoms with Gasteiger partial charge in [-0.2, -0.15) is 0 Å². The highest BCUT2D eigenvalue weighted by atomic mass is 19.1. The van der Waals surface area contributed by atoms with Gasteiger partial charge in [-0.15, -0.1) is 0 Å². The Morgan fingerprint density at radius 2 is 2.14 bits per heavy atom. The van der Waals surface area contributed by atoms with Crippen molar-refractivity contribution in [2.24, 2.45) is 11.3 Å². The Morgan fingerprint density at radius 1 is 1.33 bits per heavy atom. The van der Waals surface area contributed by atoms with Crippen molar-refractivity contribution in [2.75, 3.05) is 7.11 Å². The Bertz CT molecular complexity index is 596. The predicted molar refractivity (Wildman–Crippen MR) is 75.2 cm³/mol. The van der Waals surface area contributed by atoms with E-state index in [0.29, 0.717) is 19.3 Å². The largest absolute Gasteiger partial charge is 0.468 e. The van der Waals surface area contributed by atoms with Crippen LogP contribution in [-0.2, 0) is 27.2 Å². The number of halogens is 1. The van der Waals surface area contributed by atoms with E-state index in [2.05, 4.69) is 0 Å². The molecule has 0 radical (unpaired) electrons. The summed E-state index contributed by atoms with van der Waals surface area (Å²) >= 11 is 0. The fourth-order valence-electron chi connectivity index (χ4n) is 3.88. The first kappa shape index (κ1) is 14.2. The summed E-state index contributed by atoms with van der Waals surface area (Å²) in [5, 5.41) is 0. The van der Waals surface area contributed by atoms with Gasteiger partial charge in [0.1, 0.15) is 17.5 Å². The van der Waals surface area contributed by atoms with Crippen LogP contribution in [-0.4, -0.2) is 18.9 Å². The molecule has 3 rings (SSSR count). The number of hydrogen-bond donors (Lipinski definition) is 0. The lowest BCUT2D eigenvalue weighted by Gasteiger charge is -2.42. The highest BCUT2D eigenvalue weighted by molar-refractivity contribution is 5.99. The summed E-state index contributed by atoms with van der Waals surface area (Å²) in [4.78, 5) is 23.9. The maximum Gasteiger partial charge on any atom is 0.316 e. The Morgan fingerprint density at radius 3 is 2.86 bits per heavy atom. The molecule has 2 atom stereocenters. The lowest BCUT2D eigenvalue weighted by atomic mass is 9.61. The van der Waals surface area contributed by atoms with Crippen LogP contribution in [0.15, 0.2) is 18.2 Å². The Labute approximate surface area is 123 Å². The molecule has 4 heteroatoms. The van der Waals surface area contributed by atoms with Crippen LogP contribution in [0.2, 0.25) is 0 Å². The quantitative estimate of drug-likeness (QED) is 0.590. The number of Topliss-reactive ketones (excluding diaryl/α,β-unsaturated/α-hetero) is 1. The first-order chi connectivity index (χ1) is 10.0. The number of benzene rings is 1. The lowest BCUT2D eigenvalue weighted by molar-refractivity contribution is -0.152. The zero-order chi connectivity index (χ0) is 15.0. The summed E-state index contributed by atoms with van der Waals surface area (Å²) < 4.78 is 18.5. The van der Waals surface area contributed by atoms with Gasteiger partial charge in [-0.05, 0) is 54.7 Å². The molecule has 2 aliphatic rings. The number of carbonyl (C=O) groups excluding carboxylic acids is 2. The molecule has 1 aromatic rings. The summed E-state index contributed by atoms with van der Waals surface area (Å²) in [6, 6.07) is 5.18. The van der Waals surface area contributed by atoms with Crippen molar-refractivity contribution >= 4 is 11.8 Å². The van der Waals surface area contributed by atoms with Gasteiger partial charge in [0.15, 0.2) is 0 Å². The van der Waals surface area contributed by atoms with E-state index >= 15 is 0 Å². The fraction of sp³-hybridized carbons (Fsp3) is 0.529. The monoisotopic (exact) mass is 290 g/mol. The van der Waals surface area contributed by atoms with Gasteiger partial charge in [-0.3, -0.25) is 9.59 Å². The van der Waals surface area contributed by atoms with Gasteiger partial charge in [0, 0.05) is 6.42 Å². The molecule has 3 nitrogen and oxygen atoms in total. The number of esters is 1. The number of hydrogen-bond acceptors (Lipinski definition) is 3. The minimum atomic E-state index is -0.602. The van der Waals surface area contributed by atoms with Crippen LogP contribution in [0.4, 0.5) is 4.39 Å². The van der Waals surface area contributed by atoms with E-state index in [-0.39, 0.29) is 17.0 Å². The van der Waals surface area contributed by atoms with Gasteiger partial charge < -0.3 is 4.74 Å². The maximum atomic E-state index is 13.8. The Balaban J connectivity index is 1.80. The van der Waals surface area contributed by atoms with E-state index in [1.54, 1.807) is 6.07 Å². The third kappa shape index (κ3) is 2.47. The van der Waals surface area contributed by atoms with Crippen LogP contribution in [0.25, 0.3) is 0 Å². The molecule has 0 heterocycles. The minimum absolute atomic E-state index is 0.0204. The number of ether oxygens (including phenoxy) is 1. The van der Waals surface area contributed by atoms with E-state index in [0.717, 1.165) is 30.4 Å². The molecule has 0 aliphatic heterocycles. The van der Waals surface area contributed by atoms with E-state index < -0.39 is 11.9 Å². The molecule has 1 fully saturated rings. The van der Waals surface area contributed by atoms with E-state index in [1.165, 1.54) is 13.2 Å². The van der Waals surface area contributed by atoms with Gasteiger partial charge in [-0.1, -0.05) is 12.1 Å². The molecule has 0 N–H and O–H groups in total. The maximum absolute atomic E-state index is 13.8. The number of ketones is 1. The summed E-state index contributed by atoms with van der Waals surface area (Å²) in [5.41, 5.74) is 1.72. The molecular weight excluding hydrogens is 271 g/mol. The van der Waals surface area contributed by atoms with E-state index in [9.17, 15) is 14.0 Å². The molecule has 0 amide bonds. The minimum Gasteiger partial charge on any atom is -0.468 e. The molecule has 0 saturated heterocycles. The van der Waals surface area contributed by atoms with Gasteiger partial charge >= 0.3 is 5.97 Å². The SMILES string of the molecule is COC(=O)C1CC[C@@]2(CCc3c(F)cccc3C2)CC1=O. The zero-order valence-electron chi connectivity index (χ0n) is 12.2. The van der Waals surface area contributed by atoms with Crippen molar-refractivity contribution in [1.82, 2.24) is 0 Å². The second kappa shape index (κ2) is 5.24. The Hall–Kier alpha value is -1.71. The topological polar surface area (TPSA) is 43.4 Å². The van der Waals surface area contributed by atoms with Gasteiger partial charge in [0.2, 0.25) is 0 Å². The molecule has 1 saturated carbocycles. The number of fused-ring (bicyclic) bond motifs is 1. The normalized spacial score (nSPS) is 28.3. The molecule has 0 aromatic heterocycles. The lowest BCUT2D eigenvalue weighted by Crippen LogP contribution is -2.41. The van der Waals surface area contributed by atoms with E-state index in [4.69, 9.17) is 4.74 Å². The molecule has 1 unspecified atom stereocenters. The van der Waals surface area contributed by atoms with Crippen molar-refractivity contribution in [1.29, 1.82) is 0 Å². The van der Waals surface area contributed by atoms with Crippen LogP contribution < -0.4 is 0 Å². The van der Waals surface area contributed by atoms with Crippen LogP contribution in [0.3, 0.4) is 0 Å². The van der Waals surface area contributed by atoms with Crippen LogP contribution >= 0.6 is 0 Å². The zero-order valence-corrected chi connectivity index (χ0v) is 12.2. The first-order valence-electron chi connectivity index (χ1n) is 7.41. The highest BCUT2D eigenvalue weighted by Gasteiger charge is 2.44. The molecule has 1 spiro atoms. The highest BCUT2D eigenvalue weighted by Crippen LogP contribution is 2.47. The number of carbonyl (C=O) groups is 2. The van der Waals surface area contributed by atoms with Gasteiger partial charge in [-0.25, -0.2) is 4.39 Å². The molecule has 0 bridgehead atoms. The predicted octanol–water partition coefficient (Wildman–Crippen LogP) is 2.84. The van der Waals surface area contributed by atoms with Gasteiger partial charge in [0.05, 0.1) is 7.11 Å². The average Bonchev–Trinajstić information content (AvgIpc) is 2.46. The smallest absolute Gasteiger partial charge is 0.316 e. The van der Waals surface area contributed by atoms with Crippen molar-refractivity contribution in [2.45, 2.75) is 38.5 Å². The van der Waals surface area contributed by atoms with Crippen molar-refractivity contribution in [3.05, 3.63) is 35.1 Å². The third-order valence-corrected chi connectivity index (χ3v) is 5.07.